The molecule has 0 bridgehead atoms. The number of hydrogen-bond donors (Lipinski definition) is 1. The Hall–Kier alpha value is -3.74. The van der Waals surface area contributed by atoms with Crippen LogP contribution in [-0.2, 0) is 11.2 Å². The van der Waals surface area contributed by atoms with Crippen LogP contribution in [0.15, 0.2) is 67.0 Å². The Morgan fingerprint density at radius 3 is 2.65 bits per heavy atom. The Bertz CT molecular complexity index is 1220. The third kappa shape index (κ3) is 3.99. The summed E-state index contributed by atoms with van der Waals surface area (Å²) in [6.07, 6.45) is 3.88. The Balaban J connectivity index is 1.23. The highest BCUT2D eigenvalue weighted by atomic mass is 19.1. The number of amides is 1. The molecule has 0 spiro atoms. The van der Waals surface area contributed by atoms with Crippen LogP contribution in [0.25, 0.3) is 22.3 Å². The first kappa shape index (κ1) is 19.2. The third-order valence-corrected chi connectivity index (χ3v) is 5.70. The summed E-state index contributed by atoms with van der Waals surface area (Å²) in [5, 5.41) is 0.891. The first-order chi connectivity index (χ1) is 15.2. The summed E-state index contributed by atoms with van der Waals surface area (Å²) >= 11 is 0. The van der Waals surface area contributed by atoms with Crippen LogP contribution in [0.4, 0.5) is 10.2 Å². The molecule has 1 amide bonds. The number of anilines is 1. The molecule has 31 heavy (non-hydrogen) atoms. The average Bonchev–Trinajstić information content (AvgIpc) is 3.21. The van der Waals surface area contributed by atoms with Gasteiger partial charge in [0.2, 0.25) is 5.91 Å². The molecule has 1 saturated heterocycles. The standard InChI is InChI=1S/C24H22FN5O/c25-19-6-7-20-18(16-27-21(20)15-19)14-23(31)30-12-10-29(11-13-30)22-8-9-26-24(28-22)17-4-2-1-3-5-17/h1-9,15-16,27H,10-14H2. The van der Waals surface area contributed by atoms with E-state index in [2.05, 4.69) is 14.9 Å². The summed E-state index contributed by atoms with van der Waals surface area (Å²) in [4.78, 5) is 29.1. The van der Waals surface area contributed by atoms with Gasteiger partial charge in [-0.3, -0.25) is 4.79 Å². The normalized spacial score (nSPS) is 14.2. The van der Waals surface area contributed by atoms with Crippen LogP contribution in [0, 0.1) is 5.82 Å². The van der Waals surface area contributed by atoms with Crippen LogP contribution in [-0.4, -0.2) is 51.9 Å². The number of halogens is 1. The van der Waals surface area contributed by atoms with E-state index in [-0.39, 0.29) is 11.7 Å². The number of nitrogens with zero attached hydrogens (tertiary/aromatic N) is 4. The van der Waals surface area contributed by atoms with Crippen LogP contribution in [0.3, 0.4) is 0 Å². The van der Waals surface area contributed by atoms with Gasteiger partial charge in [0.05, 0.1) is 6.42 Å². The highest BCUT2D eigenvalue weighted by Crippen LogP contribution is 2.22. The molecular formula is C24H22FN5O. The van der Waals surface area contributed by atoms with E-state index in [1.165, 1.54) is 12.1 Å². The Labute approximate surface area is 179 Å². The number of benzene rings is 2. The monoisotopic (exact) mass is 415 g/mol. The third-order valence-electron chi connectivity index (χ3n) is 5.70. The zero-order valence-corrected chi connectivity index (χ0v) is 17.0. The minimum Gasteiger partial charge on any atom is -0.361 e. The van der Waals surface area contributed by atoms with Crippen LogP contribution in [0.1, 0.15) is 5.56 Å². The summed E-state index contributed by atoms with van der Waals surface area (Å²) in [6, 6.07) is 16.4. The van der Waals surface area contributed by atoms with Crippen LogP contribution in [0.5, 0.6) is 0 Å². The van der Waals surface area contributed by atoms with Crippen molar-refractivity contribution in [2.75, 3.05) is 31.1 Å². The van der Waals surface area contributed by atoms with Gasteiger partial charge in [0, 0.05) is 55.0 Å². The molecule has 3 heterocycles. The van der Waals surface area contributed by atoms with E-state index in [4.69, 9.17) is 4.98 Å². The molecule has 0 saturated carbocycles. The second-order valence-corrected chi connectivity index (χ2v) is 7.65. The largest absolute Gasteiger partial charge is 0.361 e. The van der Waals surface area contributed by atoms with Gasteiger partial charge in [-0.15, -0.1) is 0 Å². The Morgan fingerprint density at radius 2 is 1.84 bits per heavy atom. The van der Waals surface area contributed by atoms with Gasteiger partial charge in [0.1, 0.15) is 11.6 Å². The van der Waals surface area contributed by atoms with E-state index in [1.807, 2.05) is 41.3 Å². The molecule has 7 heteroatoms. The molecule has 1 N–H and O–H groups in total. The fraction of sp³-hybridized carbons (Fsp3) is 0.208. The number of piperazine rings is 1. The van der Waals surface area contributed by atoms with E-state index < -0.39 is 0 Å². The maximum absolute atomic E-state index is 13.4. The summed E-state index contributed by atoms with van der Waals surface area (Å²) in [7, 11) is 0. The highest BCUT2D eigenvalue weighted by molar-refractivity contribution is 5.89. The maximum Gasteiger partial charge on any atom is 0.227 e. The minimum atomic E-state index is -0.288. The van der Waals surface area contributed by atoms with Crippen LogP contribution >= 0.6 is 0 Å². The molecule has 1 aliphatic heterocycles. The fourth-order valence-corrected chi connectivity index (χ4v) is 4.02. The number of carbonyl (C=O) groups is 1. The highest BCUT2D eigenvalue weighted by Gasteiger charge is 2.23. The molecule has 2 aromatic heterocycles. The molecule has 2 aromatic carbocycles. The number of hydrogen-bond acceptors (Lipinski definition) is 4. The first-order valence-electron chi connectivity index (χ1n) is 10.3. The summed E-state index contributed by atoms with van der Waals surface area (Å²) in [6.45, 7) is 2.72. The minimum absolute atomic E-state index is 0.0811. The van der Waals surface area contributed by atoms with Crippen molar-refractivity contribution in [2.24, 2.45) is 0 Å². The lowest BCUT2D eigenvalue weighted by atomic mass is 10.1. The van der Waals surface area contributed by atoms with Gasteiger partial charge in [-0.2, -0.15) is 0 Å². The molecule has 156 valence electrons. The van der Waals surface area contributed by atoms with Crippen LogP contribution in [0.2, 0.25) is 0 Å². The van der Waals surface area contributed by atoms with E-state index in [9.17, 15) is 9.18 Å². The number of fused-ring (bicyclic) bond motifs is 1. The smallest absolute Gasteiger partial charge is 0.227 e. The van der Waals surface area contributed by atoms with Crippen molar-refractivity contribution >= 4 is 22.6 Å². The number of rotatable bonds is 4. The Kier molecular flexibility index (Phi) is 5.08. The molecule has 0 unspecified atom stereocenters. The van der Waals surface area contributed by atoms with Gasteiger partial charge in [0.15, 0.2) is 5.82 Å². The topological polar surface area (TPSA) is 65.1 Å². The predicted octanol–water partition coefficient (Wildman–Crippen LogP) is 3.66. The van der Waals surface area contributed by atoms with Crippen molar-refractivity contribution in [1.82, 2.24) is 19.9 Å². The summed E-state index contributed by atoms with van der Waals surface area (Å²) in [5.41, 5.74) is 2.59. The molecule has 5 rings (SSSR count). The van der Waals surface area contributed by atoms with Gasteiger partial charge in [-0.05, 0) is 29.8 Å². The van der Waals surface area contributed by atoms with Crippen molar-refractivity contribution in [2.45, 2.75) is 6.42 Å². The molecule has 0 atom stereocenters. The van der Waals surface area contributed by atoms with E-state index in [1.54, 1.807) is 18.5 Å². The van der Waals surface area contributed by atoms with E-state index in [0.29, 0.717) is 30.9 Å². The summed E-state index contributed by atoms with van der Waals surface area (Å²) < 4.78 is 13.4. The molecule has 4 aromatic rings. The number of carbonyl (C=O) groups excluding carboxylic acids is 1. The number of aromatic nitrogens is 3. The molecule has 1 fully saturated rings. The van der Waals surface area contributed by atoms with E-state index >= 15 is 0 Å². The van der Waals surface area contributed by atoms with Crippen molar-refractivity contribution in [3.8, 4) is 11.4 Å². The number of H-pyrrole nitrogens is 1. The molecule has 1 aliphatic rings. The predicted molar refractivity (Wildman–Crippen MR) is 118 cm³/mol. The SMILES string of the molecule is O=C(Cc1c[nH]c2cc(F)ccc12)N1CCN(c2ccnc(-c3ccccc3)n2)CC1. The summed E-state index contributed by atoms with van der Waals surface area (Å²) in [5.74, 6) is 1.37. The van der Waals surface area contributed by atoms with Gasteiger partial charge in [-0.25, -0.2) is 14.4 Å². The Morgan fingerprint density at radius 1 is 1.03 bits per heavy atom. The van der Waals surface area contributed by atoms with Gasteiger partial charge in [-0.1, -0.05) is 30.3 Å². The second-order valence-electron chi connectivity index (χ2n) is 7.65. The number of nitrogens with one attached hydrogen (secondary N) is 1. The van der Waals surface area contributed by atoms with E-state index in [0.717, 1.165) is 35.4 Å². The van der Waals surface area contributed by atoms with Gasteiger partial charge >= 0.3 is 0 Å². The first-order valence-corrected chi connectivity index (χ1v) is 10.3. The van der Waals surface area contributed by atoms with Crippen molar-refractivity contribution in [1.29, 1.82) is 0 Å². The van der Waals surface area contributed by atoms with Crippen molar-refractivity contribution in [3.05, 3.63) is 78.4 Å². The molecule has 6 nitrogen and oxygen atoms in total. The van der Waals surface area contributed by atoms with Gasteiger partial charge < -0.3 is 14.8 Å². The lowest BCUT2D eigenvalue weighted by Crippen LogP contribution is -2.49. The molecule has 0 radical (unpaired) electrons. The van der Waals surface area contributed by atoms with Crippen LogP contribution < -0.4 is 4.90 Å². The van der Waals surface area contributed by atoms with Gasteiger partial charge in [0.25, 0.3) is 0 Å². The maximum atomic E-state index is 13.4. The average molecular weight is 415 g/mol. The fourth-order valence-electron chi connectivity index (χ4n) is 4.02. The quantitative estimate of drug-likeness (QED) is 0.553. The second kappa shape index (κ2) is 8.18. The lowest BCUT2D eigenvalue weighted by molar-refractivity contribution is -0.130. The molecular weight excluding hydrogens is 393 g/mol. The number of aromatic amines is 1. The zero-order valence-electron chi connectivity index (χ0n) is 17.0. The molecule has 0 aliphatic carbocycles. The lowest BCUT2D eigenvalue weighted by Gasteiger charge is -2.35. The van der Waals surface area contributed by atoms with Crippen molar-refractivity contribution < 1.29 is 9.18 Å². The zero-order chi connectivity index (χ0) is 21.2. The van der Waals surface area contributed by atoms with Crippen molar-refractivity contribution in [3.63, 3.8) is 0 Å².